The summed E-state index contributed by atoms with van der Waals surface area (Å²) in [5.74, 6) is 1.07. The first kappa shape index (κ1) is 50.9. The molecule has 360 valence electrons. The number of hydrogen-bond acceptors (Lipinski definition) is 10. The molecule has 2 saturated heterocycles. The minimum Gasteiger partial charge on any atom is -0.457 e. The number of carbonyl (C=O) groups excluding carboxylic acids is 4. The number of hydrogen-bond donors (Lipinski definition) is 5. The molecule has 0 aliphatic carbocycles. The van der Waals surface area contributed by atoms with Crippen LogP contribution in [0.4, 0.5) is 18.4 Å². The maximum Gasteiger partial charge on any atom is 0.317 e. The van der Waals surface area contributed by atoms with Crippen molar-refractivity contribution < 1.29 is 37.4 Å². The summed E-state index contributed by atoms with van der Waals surface area (Å²) in [6, 6.07) is 38.4. The second-order valence-electron chi connectivity index (χ2n) is 15.6. The maximum absolute atomic E-state index is 13.1. The van der Waals surface area contributed by atoms with Crippen LogP contribution in [0.15, 0.2) is 133 Å². The summed E-state index contributed by atoms with van der Waals surface area (Å²) in [5.41, 5.74) is 15.3. The second-order valence-corrected chi connectivity index (χ2v) is 16.1. The van der Waals surface area contributed by atoms with Crippen LogP contribution in [0.25, 0.3) is 22.5 Å². The van der Waals surface area contributed by atoms with Crippen molar-refractivity contribution in [3.63, 3.8) is 0 Å². The van der Waals surface area contributed by atoms with Gasteiger partial charge in [-0.3, -0.25) is 24.5 Å². The van der Waals surface area contributed by atoms with Gasteiger partial charge in [0.05, 0.1) is 34.7 Å². The average molecular weight is 1010 g/mol. The highest BCUT2D eigenvalue weighted by Gasteiger charge is 2.21. The molecule has 2 aliphatic heterocycles. The molecular weight excluding hydrogens is 955 g/mol. The Morgan fingerprint density at radius 2 is 1.07 bits per heavy atom. The smallest absolute Gasteiger partial charge is 0.317 e. The molecule has 19 heteroatoms. The van der Waals surface area contributed by atoms with Gasteiger partial charge in [0.15, 0.2) is 0 Å². The van der Waals surface area contributed by atoms with Crippen molar-refractivity contribution in [3.8, 4) is 45.5 Å². The molecular formula is C50H53BrF2N10O6. The number of alkyl halides is 1. The van der Waals surface area contributed by atoms with E-state index in [1.54, 1.807) is 34.1 Å². The first-order chi connectivity index (χ1) is 33.4. The number of primary amides is 2. The Morgan fingerprint density at radius 1 is 0.638 bits per heavy atom. The van der Waals surface area contributed by atoms with Gasteiger partial charge in [-0.2, -0.15) is 0 Å². The SMILES string of the molecule is NC(=O)CBr.NC(=O)CN(CCN1CCNC1=O)Cc1cccc(-c2ccc(Oc3ccc(F)cc3)cc2)n1.O=C1NCCN1CCNCc1cccc(-c2ccc(Oc3ccc(F)cc3)cc2)n1. The van der Waals surface area contributed by atoms with Gasteiger partial charge in [0.2, 0.25) is 11.8 Å². The molecule has 6 aromatic rings. The molecule has 0 spiro atoms. The molecule has 0 unspecified atom stereocenters. The second kappa shape index (κ2) is 26.2. The van der Waals surface area contributed by atoms with Crippen LogP contribution in [0, 0.1) is 11.6 Å². The zero-order valence-corrected chi connectivity index (χ0v) is 39.2. The van der Waals surface area contributed by atoms with E-state index >= 15 is 0 Å². The molecule has 8 rings (SSSR count). The third kappa shape index (κ3) is 17.0. The highest BCUT2D eigenvalue weighted by Crippen LogP contribution is 2.27. The van der Waals surface area contributed by atoms with Crippen LogP contribution in [0.2, 0.25) is 0 Å². The summed E-state index contributed by atoms with van der Waals surface area (Å²) in [6.07, 6.45) is 0. The lowest BCUT2D eigenvalue weighted by atomic mass is 10.1. The van der Waals surface area contributed by atoms with Crippen molar-refractivity contribution in [1.82, 2.24) is 40.6 Å². The summed E-state index contributed by atoms with van der Waals surface area (Å²) in [7, 11) is 0. The van der Waals surface area contributed by atoms with Gasteiger partial charge in [0, 0.05) is 76.6 Å². The highest BCUT2D eigenvalue weighted by atomic mass is 79.9. The lowest BCUT2D eigenvalue weighted by molar-refractivity contribution is -0.119. The first-order valence-corrected chi connectivity index (χ1v) is 23.1. The van der Waals surface area contributed by atoms with Crippen LogP contribution in [-0.4, -0.2) is 113 Å². The third-order valence-electron chi connectivity index (χ3n) is 10.4. The van der Waals surface area contributed by atoms with E-state index in [0.29, 0.717) is 68.8 Å². The number of amides is 6. The predicted octanol–water partition coefficient (Wildman–Crippen LogP) is 6.65. The number of nitrogens with zero attached hydrogens (tertiary/aromatic N) is 5. The van der Waals surface area contributed by atoms with E-state index in [2.05, 4.69) is 37.6 Å². The summed E-state index contributed by atoms with van der Waals surface area (Å²) < 4.78 is 37.5. The molecule has 2 fully saturated rings. The van der Waals surface area contributed by atoms with Crippen LogP contribution < -0.4 is 36.9 Å². The minimum atomic E-state index is -0.432. The van der Waals surface area contributed by atoms with Gasteiger partial charge >= 0.3 is 12.1 Å². The molecule has 0 saturated carbocycles. The summed E-state index contributed by atoms with van der Waals surface area (Å²) in [4.78, 5) is 59.3. The van der Waals surface area contributed by atoms with Crippen molar-refractivity contribution in [3.05, 3.63) is 156 Å². The van der Waals surface area contributed by atoms with Gasteiger partial charge in [0.1, 0.15) is 34.6 Å². The molecule has 16 nitrogen and oxygen atoms in total. The van der Waals surface area contributed by atoms with Crippen molar-refractivity contribution >= 4 is 39.8 Å². The molecule has 0 atom stereocenters. The molecule has 0 bridgehead atoms. The lowest BCUT2D eigenvalue weighted by Gasteiger charge is -2.23. The van der Waals surface area contributed by atoms with E-state index in [1.165, 1.54) is 24.3 Å². The monoisotopic (exact) mass is 1010 g/mol. The quantitative estimate of drug-likeness (QED) is 0.0431. The summed E-state index contributed by atoms with van der Waals surface area (Å²) in [5, 5.41) is 9.16. The van der Waals surface area contributed by atoms with E-state index in [9.17, 15) is 28.0 Å². The standard InChI is InChI=1S/C25H26FN5O3.C23H23FN4O2.C2H4BrNO/c26-19-6-10-22(11-7-19)34-21-8-4-18(5-9-21)23-3-1-2-20(29-23)16-30(17-24(27)32)14-15-31-13-12-28-25(31)33;24-18-6-10-21(11-7-18)30-20-8-4-17(5-9-20)22-3-1-2-19(27-22)16-25-12-14-28-15-13-26-23(28)29;3-1-2(4)5/h1-11H,12-17H2,(H2,27,32)(H,28,33);1-11,25H,12-16H2,(H,26,29);1H2,(H2,4,5). The van der Waals surface area contributed by atoms with Crippen molar-refractivity contribution in [2.24, 2.45) is 11.5 Å². The molecule has 0 radical (unpaired) electrons. The van der Waals surface area contributed by atoms with Gasteiger partial charge in [-0.15, -0.1) is 0 Å². The van der Waals surface area contributed by atoms with Gasteiger partial charge < -0.3 is 46.7 Å². The number of rotatable bonds is 19. The number of pyridine rings is 2. The van der Waals surface area contributed by atoms with Crippen LogP contribution in [0.5, 0.6) is 23.0 Å². The average Bonchev–Trinajstić information content (AvgIpc) is 3.97. The number of aromatic nitrogens is 2. The number of halogens is 3. The molecule has 4 heterocycles. The van der Waals surface area contributed by atoms with Crippen molar-refractivity contribution in [2.75, 3.05) is 64.2 Å². The van der Waals surface area contributed by atoms with E-state index in [1.807, 2.05) is 89.8 Å². The third-order valence-corrected chi connectivity index (χ3v) is 10.9. The number of nitrogens with one attached hydrogen (secondary N) is 3. The predicted molar refractivity (Wildman–Crippen MR) is 261 cm³/mol. The number of nitrogens with two attached hydrogens (primary N) is 2. The van der Waals surface area contributed by atoms with E-state index < -0.39 is 5.91 Å². The first-order valence-electron chi connectivity index (χ1n) is 22.0. The van der Waals surface area contributed by atoms with Crippen LogP contribution in [0.1, 0.15) is 11.4 Å². The van der Waals surface area contributed by atoms with Gasteiger partial charge in [-0.05, 0) is 121 Å². The van der Waals surface area contributed by atoms with E-state index in [4.69, 9.17) is 25.2 Å². The summed E-state index contributed by atoms with van der Waals surface area (Å²) in [6.45, 7) is 6.32. The fourth-order valence-electron chi connectivity index (χ4n) is 6.94. The molecule has 69 heavy (non-hydrogen) atoms. The lowest BCUT2D eigenvalue weighted by Crippen LogP contribution is -2.40. The Hall–Kier alpha value is -7.48. The fraction of sp³-hybridized carbons (Fsp3) is 0.240. The fourth-order valence-corrected chi connectivity index (χ4v) is 6.94. The van der Waals surface area contributed by atoms with Crippen LogP contribution in [-0.2, 0) is 22.7 Å². The minimum absolute atomic E-state index is 0.00350. The summed E-state index contributed by atoms with van der Waals surface area (Å²) >= 11 is 2.84. The number of benzene rings is 4. The van der Waals surface area contributed by atoms with Gasteiger partial charge in [-0.25, -0.2) is 18.4 Å². The topological polar surface area (TPSA) is 210 Å². The molecule has 2 aromatic heterocycles. The number of urea groups is 2. The maximum atomic E-state index is 13.1. The molecule has 7 N–H and O–H groups in total. The van der Waals surface area contributed by atoms with E-state index in [0.717, 1.165) is 53.5 Å². The molecule has 4 aromatic carbocycles. The van der Waals surface area contributed by atoms with Crippen LogP contribution in [0.3, 0.4) is 0 Å². The Balaban J connectivity index is 0.000000208. The zero-order valence-electron chi connectivity index (χ0n) is 37.7. The zero-order chi connectivity index (χ0) is 49.0. The number of ether oxygens (including phenoxy) is 2. The van der Waals surface area contributed by atoms with Gasteiger partial charge in [-0.1, -0.05) is 28.1 Å². The highest BCUT2D eigenvalue weighted by molar-refractivity contribution is 9.09. The van der Waals surface area contributed by atoms with Crippen molar-refractivity contribution in [1.29, 1.82) is 0 Å². The Labute approximate surface area is 407 Å². The Bertz CT molecular complexity index is 2610. The van der Waals surface area contributed by atoms with Gasteiger partial charge in [0.25, 0.3) is 0 Å². The molecule has 6 amide bonds. The molecule has 2 aliphatic rings. The Kier molecular flexibility index (Phi) is 19.3. The normalized spacial score (nSPS) is 12.9. The van der Waals surface area contributed by atoms with Crippen LogP contribution >= 0.6 is 15.9 Å². The van der Waals surface area contributed by atoms with Crippen molar-refractivity contribution in [2.45, 2.75) is 13.1 Å². The Morgan fingerprint density at radius 3 is 1.51 bits per heavy atom. The van der Waals surface area contributed by atoms with E-state index in [-0.39, 0.29) is 41.5 Å². The largest absolute Gasteiger partial charge is 0.457 e. The number of carbonyl (C=O) groups is 4.